The van der Waals surface area contributed by atoms with E-state index in [4.69, 9.17) is 0 Å². The molecule has 3 aromatic rings. The molecule has 9 heteroatoms. The van der Waals surface area contributed by atoms with Crippen molar-refractivity contribution in [3.05, 3.63) is 88.3 Å². The van der Waals surface area contributed by atoms with Crippen molar-refractivity contribution in [1.82, 2.24) is 9.47 Å². The number of rotatable bonds is 4. The van der Waals surface area contributed by atoms with Crippen LogP contribution in [0, 0.1) is 11.6 Å². The van der Waals surface area contributed by atoms with Crippen LogP contribution in [0.25, 0.3) is 5.69 Å². The molecule has 3 rings (SSSR count). The lowest BCUT2D eigenvalue weighted by molar-refractivity contribution is 0.102. The Kier molecular flexibility index (Phi) is 6.31. The average Bonchev–Trinajstić information content (AvgIpc) is 2.71. The van der Waals surface area contributed by atoms with Gasteiger partial charge in [0.2, 0.25) is 0 Å². The summed E-state index contributed by atoms with van der Waals surface area (Å²) in [4.78, 5) is 38.7. The van der Waals surface area contributed by atoms with Gasteiger partial charge in [0.05, 0.1) is 5.69 Å². The molecule has 0 atom stereocenters. The Hall–Kier alpha value is -3.46. The van der Waals surface area contributed by atoms with Gasteiger partial charge in [0, 0.05) is 30.9 Å². The molecular weight excluding hydrogens is 412 g/mol. The molecule has 2 aromatic carbocycles. The van der Waals surface area contributed by atoms with Crippen LogP contribution in [0.5, 0.6) is 0 Å². The molecule has 6 nitrogen and oxygen atoms in total. The summed E-state index contributed by atoms with van der Waals surface area (Å²) in [7, 11) is 3.16. The number of pyridine rings is 1. The van der Waals surface area contributed by atoms with Gasteiger partial charge < -0.3 is 10.2 Å². The van der Waals surface area contributed by atoms with Crippen LogP contribution in [0.1, 0.15) is 10.4 Å². The molecule has 0 bridgehead atoms. The number of nitrogens with one attached hydrogen (secondary N) is 1. The van der Waals surface area contributed by atoms with Crippen LogP contribution >= 0.6 is 11.8 Å². The summed E-state index contributed by atoms with van der Waals surface area (Å²) in [6.07, 6.45) is 1.45. The van der Waals surface area contributed by atoms with Crippen LogP contribution in [0.4, 0.5) is 19.3 Å². The average molecular weight is 429 g/mol. The smallest absolute Gasteiger partial charge is 0.285 e. The summed E-state index contributed by atoms with van der Waals surface area (Å²) in [5, 5.41) is 2.10. The zero-order chi connectivity index (χ0) is 21.8. The van der Waals surface area contributed by atoms with E-state index in [0.717, 1.165) is 17.8 Å². The molecule has 1 aromatic heterocycles. The lowest BCUT2D eigenvalue weighted by atomic mass is 10.2. The number of amides is 2. The van der Waals surface area contributed by atoms with E-state index in [9.17, 15) is 23.2 Å². The number of aromatic nitrogens is 1. The van der Waals surface area contributed by atoms with Gasteiger partial charge in [-0.25, -0.2) is 8.78 Å². The Labute approximate surface area is 175 Å². The Balaban J connectivity index is 1.83. The van der Waals surface area contributed by atoms with E-state index < -0.39 is 23.1 Å². The third-order valence-electron chi connectivity index (χ3n) is 4.06. The number of halogens is 2. The second kappa shape index (κ2) is 8.91. The summed E-state index contributed by atoms with van der Waals surface area (Å²) in [6, 6.07) is 12.0. The molecule has 0 aliphatic heterocycles. The fourth-order valence-electron chi connectivity index (χ4n) is 2.51. The highest BCUT2D eigenvalue weighted by molar-refractivity contribution is 8.13. The molecule has 0 unspecified atom stereocenters. The molecular formula is C21H17F2N3O3S. The van der Waals surface area contributed by atoms with Crippen molar-refractivity contribution in [3.63, 3.8) is 0 Å². The molecule has 0 spiro atoms. The Morgan fingerprint density at radius 2 is 1.73 bits per heavy atom. The lowest BCUT2D eigenvalue weighted by Gasteiger charge is -2.11. The summed E-state index contributed by atoms with van der Waals surface area (Å²) in [6.45, 7) is 0. The maximum atomic E-state index is 14.4. The first kappa shape index (κ1) is 21.3. The summed E-state index contributed by atoms with van der Waals surface area (Å²) in [5.74, 6) is -1.99. The number of hydrogen-bond donors (Lipinski definition) is 1. The molecule has 154 valence electrons. The Bertz CT molecular complexity index is 1160. The quantitative estimate of drug-likeness (QED) is 0.633. The van der Waals surface area contributed by atoms with Gasteiger partial charge in [-0.15, -0.1) is 0 Å². The first-order valence-corrected chi connectivity index (χ1v) is 9.55. The first-order chi connectivity index (χ1) is 14.3. The molecule has 0 radical (unpaired) electrons. The van der Waals surface area contributed by atoms with E-state index in [-0.39, 0.29) is 16.5 Å². The number of anilines is 1. The lowest BCUT2D eigenvalue weighted by Crippen LogP contribution is -2.28. The van der Waals surface area contributed by atoms with Crippen molar-refractivity contribution >= 4 is 28.6 Å². The van der Waals surface area contributed by atoms with Gasteiger partial charge in [-0.05, 0) is 66.4 Å². The second-order valence-electron chi connectivity index (χ2n) is 6.43. The Morgan fingerprint density at radius 1 is 1.03 bits per heavy atom. The number of carbonyl (C=O) groups excluding carboxylic acids is 2. The van der Waals surface area contributed by atoms with Crippen molar-refractivity contribution in [2.45, 2.75) is 4.90 Å². The fourth-order valence-corrected chi connectivity index (χ4v) is 3.20. The number of nitrogens with zero attached hydrogens (tertiary/aromatic N) is 2. The van der Waals surface area contributed by atoms with Crippen molar-refractivity contribution in [1.29, 1.82) is 0 Å². The molecule has 0 aliphatic carbocycles. The molecule has 0 fully saturated rings. The standard InChI is InChI=1S/C21H17F2N3O3S/c1-25(2)21(29)30-15-9-10-18(17(23)12-15)24-19(27)16-4-3-11-26(20(16)28)14-7-5-13(22)6-8-14/h3-12H,1-2H3,(H,24,27). The van der Waals surface area contributed by atoms with Crippen molar-refractivity contribution in [3.8, 4) is 5.69 Å². The van der Waals surface area contributed by atoms with Crippen LogP contribution < -0.4 is 10.9 Å². The van der Waals surface area contributed by atoms with E-state index in [1.807, 2.05) is 0 Å². The largest absolute Gasteiger partial charge is 0.339 e. The van der Waals surface area contributed by atoms with Gasteiger partial charge in [-0.2, -0.15) is 0 Å². The van der Waals surface area contributed by atoms with E-state index in [1.54, 1.807) is 14.1 Å². The summed E-state index contributed by atoms with van der Waals surface area (Å²) < 4.78 is 28.7. The van der Waals surface area contributed by atoms with Gasteiger partial charge in [-0.3, -0.25) is 19.0 Å². The second-order valence-corrected chi connectivity index (χ2v) is 7.46. The number of hydrogen-bond acceptors (Lipinski definition) is 4. The minimum absolute atomic E-state index is 0.127. The maximum Gasteiger partial charge on any atom is 0.285 e. The van der Waals surface area contributed by atoms with E-state index in [2.05, 4.69) is 5.32 Å². The van der Waals surface area contributed by atoms with Gasteiger partial charge in [-0.1, -0.05) is 0 Å². The zero-order valence-electron chi connectivity index (χ0n) is 16.1. The molecule has 0 saturated carbocycles. The highest BCUT2D eigenvalue weighted by Gasteiger charge is 2.16. The predicted molar refractivity (Wildman–Crippen MR) is 111 cm³/mol. The molecule has 30 heavy (non-hydrogen) atoms. The molecule has 0 saturated heterocycles. The van der Waals surface area contributed by atoms with Gasteiger partial charge in [0.15, 0.2) is 0 Å². The minimum Gasteiger partial charge on any atom is -0.339 e. The van der Waals surface area contributed by atoms with Crippen LogP contribution in [-0.4, -0.2) is 34.7 Å². The van der Waals surface area contributed by atoms with Crippen LogP contribution in [0.15, 0.2) is 70.5 Å². The van der Waals surface area contributed by atoms with Crippen molar-refractivity contribution in [2.75, 3.05) is 19.4 Å². The van der Waals surface area contributed by atoms with Gasteiger partial charge >= 0.3 is 0 Å². The van der Waals surface area contributed by atoms with Crippen LogP contribution in [0.3, 0.4) is 0 Å². The zero-order valence-corrected chi connectivity index (χ0v) is 16.9. The molecule has 0 aliphatic rings. The highest BCUT2D eigenvalue weighted by Crippen LogP contribution is 2.25. The predicted octanol–water partition coefficient (Wildman–Crippen LogP) is 4.14. The monoisotopic (exact) mass is 429 g/mol. The minimum atomic E-state index is -0.792. The molecule has 1 N–H and O–H groups in total. The number of thioether (sulfide) groups is 1. The highest BCUT2D eigenvalue weighted by atomic mass is 32.2. The van der Waals surface area contributed by atoms with E-state index in [1.165, 1.54) is 64.2 Å². The normalized spacial score (nSPS) is 10.5. The maximum absolute atomic E-state index is 14.4. The van der Waals surface area contributed by atoms with Crippen LogP contribution in [0.2, 0.25) is 0 Å². The topological polar surface area (TPSA) is 71.4 Å². The summed E-state index contributed by atoms with van der Waals surface area (Å²) >= 11 is 0.847. The van der Waals surface area contributed by atoms with Crippen LogP contribution in [-0.2, 0) is 0 Å². The fraction of sp³-hybridized carbons (Fsp3) is 0.0952. The van der Waals surface area contributed by atoms with Crippen molar-refractivity contribution < 1.29 is 18.4 Å². The molecule has 2 amide bonds. The van der Waals surface area contributed by atoms with Gasteiger partial charge in [0.1, 0.15) is 17.2 Å². The van der Waals surface area contributed by atoms with Gasteiger partial charge in [0.25, 0.3) is 16.7 Å². The molecule has 1 heterocycles. The van der Waals surface area contributed by atoms with E-state index >= 15 is 0 Å². The number of benzene rings is 2. The van der Waals surface area contributed by atoms with Crippen molar-refractivity contribution in [2.24, 2.45) is 0 Å². The third-order valence-corrected chi connectivity index (χ3v) is 5.09. The SMILES string of the molecule is CN(C)C(=O)Sc1ccc(NC(=O)c2cccn(-c3ccc(F)cc3)c2=O)c(F)c1. The summed E-state index contributed by atoms with van der Waals surface area (Å²) in [5.41, 5.74) is -0.583. The third kappa shape index (κ3) is 4.74. The first-order valence-electron chi connectivity index (χ1n) is 8.74. The number of carbonyl (C=O) groups is 2. The Morgan fingerprint density at radius 3 is 2.37 bits per heavy atom. The van der Waals surface area contributed by atoms with E-state index in [0.29, 0.717) is 10.6 Å².